The van der Waals surface area contributed by atoms with Crippen LogP contribution in [-0.2, 0) is 10.0 Å². The minimum Gasteiger partial charge on any atom is -0.398 e. The predicted octanol–water partition coefficient (Wildman–Crippen LogP) is 2.78. The fourth-order valence-corrected chi connectivity index (χ4v) is 4.00. The summed E-state index contributed by atoms with van der Waals surface area (Å²) in [4.78, 5) is 0.237. The van der Waals surface area contributed by atoms with Gasteiger partial charge in [-0.3, -0.25) is 0 Å². The van der Waals surface area contributed by atoms with E-state index in [1.807, 2.05) is 19.1 Å². The molecule has 0 saturated carbocycles. The van der Waals surface area contributed by atoms with E-state index in [1.54, 1.807) is 43.3 Å². The fourth-order valence-electron chi connectivity index (χ4n) is 2.62. The maximum absolute atomic E-state index is 12.9. The lowest BCUT2D eigenvalue weighted by Gasteiger charge is -2.20. The molecular formula is C23H26N2O3S. The molecule has 0 aliphatic carbocycles. The molecule has 2 aromatic carbocycles. The molecule has 5 nitrogen and oxygen atoms in total. The molecule has 0 spiro atoms. The van der Waals surface area contributed by atoms with E-state index in [2.05, 4.69) is 23.7 Å². The molecule has 0 aromatic heterocycles. The lowest BCUT2D eigenvalue weighted by Crippen LogP contribution is -2.33. The average Bonchev–Trinajstić information content (AvgIpc) is 2.70. The Kier molecular flexibility index (Phi) is 8.30. The number of para-hydroxylation sites is 1. The van der Waals surface area contributed by atoms with Crippen molar-refractivity contribution in [3.05, 3.63) is 59.7 Å². The van der Waals surface area contributed by atoms with Gasteiger partial charge in [0.15, 0.2) is 0 Å². The first-order chi connectivity index (χ1) is 13.8. The van der Waals surface area contributed by atoms with Crippen LogP contribution in [0.15, 0.2) is 53.4 Å². The summed E-state index contributed by atoms with van der Waals surface area (Å²) in [5.74, 6) is 11.2. The lowest BCUT2D eigenvalue weighted by atomic mass is 10.1. The lowest BCUT2D eigenvalue weighted by molar-refractivity contribution is 0.215. The Hall–Kier alpha value is -2.77. The average molecular weight is 411 g/mol. The number of aryl methyl sites for hydroxylation is 1. The van der Waals surface area contributed by atoms with Crippen molar-refractivity contribution in [1.82, 2.24) is 4.31 Å². The van der Waals surface area contributed by atoms with E-state index in [0.29, 0.717) is 24.1 Å². The molecule has 0 saturated heterocycles. The highest BCUT2D eigenvalue weighted by molar-refractivity contribution is 7.89. The molecule has 0 fully saturated rings. The maximum Gasteiger partial charge on any atom is 0.243 e. The summed E-state index contributed by atoms with van der Waals surface area (Å²) in [6.45, 7) is 3.93. The molecule has 0 heterocycles. The minimum atomic E-state index is -3.65. The normalized spacial score (nSPS) is 11.9. The van der Waals surface area contributed by atoms with Crippen LogP contribution in [0.3, 0.4) is 0 Å². The van der Waals surface area contributed by atoms with Gasteiger partial charge in [0, 0.05) is 17.8 Å². The Morgan fingerprint density at radius 1 is 1.14 bits per heavy atom. The highest BCUT2D eigenvalue weighted by Gasteiger charge is 2.23. The molecule has 0 aliphatic rings. The molecule has 152 valence electrons. The first kappa shape index (κ1) is 22.5. The summed E-state index contributed by atoms with van der Waals surface area (Å²) in [7, 11) is -3.65. The van der Waals surface area contributed by atoms with Gasteiger partial charge in [0.2, 0.25) is 10.0 Å². The predicted molar refractivity (Wildman–Crippen MR) is 116 cm³/mol. The second-order valence-corrected chi connectivity index (χ2v) is 8.53. The molecule has 1 unspecified atom stereocenters. The van der Waals surface area contributed by atoms with E-state index in [0.717, 1.165) is 5.56 Å². The van der Waals surface area contributed by atoms with E-state index in [9.17, 15) is 13.5 Å². The van der Waals surface area contributed by atoms with Crippen LogP contribution in [0.2, 0.25) is 0 Å². The number of aliphatic hydroxyl groups is 1. The van der Waals surface area contributed by atoms with Crippen LogP contribution in [0.25, 0.3) is 0 Å². The van der Waals surface area contributed by atoms with Gasteiger partial charge < -0.3 is 10.8 Å². The Morgan fingerprint density at radius 3 is 2.48 bits per heavy atom. The van der Waals surface area contributed by atoms with E-state index in [-0.39, 0.29) is 18.0 Å². The van der Waals surface area contributed by atoms with Gasteiger partial charge in [-0.05, 0) is 51.0 Å². The summed E-state index contributed by atoms with van der Waals surface area (Å²) in [6, 6.07) is 13.9. The number of nitrogens with zero attached hydrogens (tertiary/aromatic N) is 1. The molecule has 0 bridgehead atoms. The molecule has 29 heavy (non-hydrogen) atoms. The van der Waals surface area contributed by atoms with E-state index >= 15 is 0 Å². The zero-order valence-electron chi connectivity index (χ0n) is 16.7. The summed E-state index contributed by atoms with van der Waals surface area (Å²) in [5, 5.41) is 10.1. The molecular weight excluding hydrogens is 384 g/mol. The Bertz CT molecular complexity index is 1040. The number of anilines is 1. The molecule has 2 rings (SSSR count). The zero-order chi connectivity index (χ0) is 21.3. The van der Waals surface area contributed by atoms with Crippen LogP contribution in [-0.4, -0.2) is 37.0 Å². The van der Waals surface area contributed by atoms with Crippen molar-refractivity contribution in [2.45, 2.75) is 37.7 Å². The number of nitrogen functional groups attached to an aromatic ring is 1. The number of sulfonamides is 1. The van der Waals surface area contributed by atoms with Crippen LogP contribution in [0.1, 0.15) is 30.9 Å². The van der Waals surface area contributed by atoms with Gasteiger partial charge in [-0.1, -0.05) is 47.6 Å². The van der Waals surface area contributed by atoms with Gasteiger partial charge in [-0.2, -0.15) is 4.31 Å². The summed E-state index contributed by atoms with van der Waals surface area (Å²) in [5.41, 5.74) is 8.04. The third kappa shape index (κ3) is 6.66. The minimum absolute atomic E-state index is 0.106. The molecule has 6 heteroatoms. The SMILES string of the molecule is CC#CCN(CCCC(O)C#Cc1ccccc1N)S(=O)(=O)c1ccc(C)cc1. The highest BCUT2D eigenvalue weighted by atomic mass is 32.2. The number of aliphatic hydroxyl groups excluding tert-OH is 1. The van der Waals surface area contributed by atoms with Crippen molar-refractivity contribution < 1.29 is 13.5 Å². The molecule has 0 amide bonds. The van der Waals surface area contributed by atoms with Gasteiger partial charge in [0.1, 0.15) is 6.10 Å². The Morgan fingerprint density at radius 2 is 1.83 bits per heavy atom. The molecule has 3 N–H and O–H groups in total. The van der Waals surface area contributed by atoms with Crippen molar-refractivity contribution in [3.63, 3.8) is 0 Å². The van der Waals surface area contributed by atoms with Crippen molar-refractivity contribution in [3.8, 4) is 23.7 Å². The Balaban J connectivity index is 2.03. The monoisotopic (exact) mass is 410 g/mol. The van der Waals surface area contributed by atoms with Gasteiger partial charge in [0.05, 0.1) is 11.4 Å². The standard InChI is InChI=1S/C23H26N2O3S/c1-3-4-17-25(29(27,28)22-15-11-19(2)12-16-22)18-7-9-21(26)14-13-20-8-5-6-10-23(20)24/h5-6,8,10-12,15-16,21,26H,7,9,17-18,24H2,1-2H3. The van der Waals surface area contributed by atoms with Gasteiger partial charge in [-0.25, -0.2) is 8.42 Å². The largest absolute Gasteiger partial charge is 0.398 e. The third-order valence-electron chi connectivity index (χ3n) is 4.31. The first-order valence-electron chi connectivity index (χ1n) is 9.35. The summed E-state index contributed by atoms with van der Waals surface area (Å²) in [6.07, 6.45) is -0.0636. The second kappa shape index (κ2) is 10.7. The summed E-state index contributed by atoms with van der Waals surface area (Å²) < 4.78 is 27.2. The fraction of sp³-hybridized carbons (Fsp3) is 0.304. The van der Waals surface area contributed by atoms with Crippen molar-refractivity contribution in [2.75, 3.05) is 18.8 Å². The molecule has 0 aliphatic heterocycles. The van der Waals surface area contributed by atoms with E-state index < -0.39 is 16.1 Å². The van der Waals surface area contributed by atoms with Crippen LogP contribution in [0, 0.1) is 30.6 Å². The Labute approximate surface area is 173 Å². The van der Waals surface area contributed by atoms with Gasteiger partial charge >= 0.3 is 0 Å². The van der Waals surface area contributed by atoms with Crippen molar-refractivity contribution in [1.29, 1.82) is 0 Å². The number of nitrogens with two attached hydrogens (primary N) is 1. The molecule has 0 radical (unpaired) electrons. The van der Waals surface area contributed by atoms with Gasteiger partial charge in [0.25, 0.3) is 0 Å². The highest BCUT2D eigenvalue weighted by Crippen LogP contribution is 2.17. The van der Waals surface area contributed by atoms with Crippen LogP contribution in [0.4, 0.5) is 5.69 Å². The topological polar surface area (TPSA) is 83.6 Å². The first-order valence-corrected chi connectivity index (χ1v) is 10.8. The third-order valence-corrected chi connectivity index (χ3v) is 6.17. The van der Waals surface area contributed by atoms with E-state index in [1.165, 1.54) is 4.31 Å². The summed E-state index contributed by atoms with van der Waals surface area (Å²) >= 11 is 0. The van der Waals surface area contributed by atoms with Crippen LogP contribution >= 0.6 is 0 Å². The van der Waals surface area contributed by atoms with E-state index in [4.69, 9.17) is 5.73 Å². The van der Waals surface area contributed by atoms with Crippen LogP contribution < -0.4 is 5.73 Å². The molecule has 2 aromatic rings. The van der Waals surface area contributed by atoms with Crippen LogP contribution in [0.5, 0.6) is 0 Å². The number of hydrogen-bond acceptors (Lipinski definition) is 4. The number of benzene rings is 2. The second-order valence-electron chi connectivity index (χ2n) is 6.59. The van der Waals surface area contributed by atoms with Crippen molar-refractivity contribution in [2.24, 2.45) is 0 Å². The quantitative estimate of drug-likeness (QED) is 0.543. The number of hydrogen-bond donors (Lipinski definition) is 2. The zero-order valence-corrected chi connectivity index (χ0v) is 17.5. The molecule has 1 atom stereocenters. The van der Waals surface area contributed by atoms with Crippen molar-refractivity contribution >= 4 is 15.7 Å². The van der Waals surface area contributed by atoms with Gasteiger partial charge in [-0.15, -0.1) is 5.92 Å². The smallest absolute Gasteiger partial charge is 0.243 e. The maximum atomic E-state index is 12.9. The number of rotatable bonds is 7.